The minimum Gasteiger partial charge on any atom is -0.302 e. The molecule has 25 heavy (non-hydrogen) atoms. The molecule has 1 amide bonds. The number of allylic oxidation sites excluding steroid dienone is 1. The first-order chi connectivity index (χ1) is 12.1. The van der Waals surface area contributed by atoms with Crippen molar-refractivity contribution in [3.63, 3.8) is 0 Å². The molecule has 0 atom stereocenters. The Balaban J connectivity index is 1.65. The number of amides is 1. The van der Waals surface area contributed by atoms with Gasteiger partial charge in [0, 0.05) is 12.5 Å². The van der Waals surface area contributed by atoms with E-state index in [1.807, 2.05) is 28.8 Å². The summed E-state index contributed by atoms with van der Waals surface area (Å²) < 4.78 is 3.05. The summed E-state index contributed by atoms with van der Waals surface area (Å²) in [5.74, 6) is 1.30. The van der Waals surface area contributed by atoms with Gasteiger partial charge >= 0.3 is 0 Å². The van der Waals surface area contributed by atoms with Gasteiger partial charge in [-0.3, -0.25) is 4.79 Å². The number of nitrogens with zero attached hydrogens (tertiary/aromatic N) is 4. The molecule has 0 unspecified atom stereocenters. The number of carbonyl (C=O) groups is 1. The number of nitrogens with one attached hydrogen (secondary N) is 1. The zero-order valence-corrected chi connectivity index (χ0v) is 15.7. The van der Waals surface area contributed by atoms with Crippen LogP contribution in [0.15, 0.2) is 42.1 Å². The molecule has 3 aromatic rings. The molecule has 2 aromatic heterocycles. The van der Waals surface area contributed by atoms with Crippen LogP contribution in [0.2, 0.25) is 0 Å². The fourth-order valence-corrected chi connectivity index (χ4v) is 3.98. The predicted molar refractivity (Wildman–Crippen MR) is 103 cm³/mol. The van der Waals surface area contributed by atoms with E-state index in [0.29, 0.717) is 11.7 Å². The number of rotatable bonds is 7. The fraction of sp³-hybridized carbons (Fsp3) is 0.294. The molecular weight excluding hydrogens is 354 g/mol. The molecule has 0 saturated heterocycles. The third kappa shape index (κ3) is 4.08. The van der Waals surface area contributed by atoms with Crippen LogP contribution in [0, 0.1) is 0 Å². The Hall–Kier alpha value is -2.19. The van der Waals surface area contributed by atoms with Crippen molar-refractivity contribution in [1.29, 1.82) is 0 Å². The number of anilines is 1. The summed E-state index contributed by atoms with van der Waals surface area (Å²) in [4.78, 5) is 16.6. The van der Waals surface area contributed by atoms with Gasteiger partial charge in [0.05, 0.1) is 16.0 Å². The Kier molecular flexibility index (Phi) is 5.50. The summed E-state index contributed by atoms with van der Waals surface area (Å²) in [5.41, 5.74) is 0.891. The van der Waals surface area contributed by atoms with Crippen molar-refractivity contribution in [1.82, 2.24) is 19.7 Å². The number of fused-ring (bicyclic) bond motifs is 1. The lowest BCUT2D eigenvalue weighted by Crippen LogP contribution is -2.14. The molecule has 0 aliphatic rings. The lowest BCUT2D eigenvalue weighted by molar-refractivity contribution is -0.113. The number of thiazole rings is 1. The van der Waals surface area contributed by atoms with E-state index in [2.05, 4.69) is 40.9 Å². The predicted octanol–water partition coefficient (Wildman–Crippen LogP) is 3.93. The van der Waals surface area contributed by atoms with E-state index >= 15 is 0 Å². The molecule has 0 bridgehead atoms. The largest absolute Gasteiger partial charge is 0.302 e. The first-order valence-corrected chi connectivity index (χ1v) is 9.71. The van der Waals surface area contributed by atoms with Crippen LogP contribution in [0.25, 0.3) is 10.2 Å². The van der Waals surface area contributed by atoms with E-state index in [9.17, 15) is 4.79 Å². The minimum absolute atomic E-state index is 0.108. The van der Waals surface area contributed by atoms with Crippen LogP contribution in [0.4, 0.5) is 5.13 Å². The molecule has 1 aromatic carbocycles. The molecule has 0 radical (unpaired) electrons. The Morgan fingerprint density at radius 3 is 2.92 bits per heavy atom. The number of hydrogen-bond acceptors (Lipinski definition) is 6. The number of para-hydroxylation sites is 1. The van der Waals surface area contributed by atoms with Gasteiger partial charge in [0.15, 0.2) is 10.3 Å². The summed E-state index contributed by atoms with van der Waals surface area (Å²) >= 11 is 2.83. The van der Waals surface area contributed by atoms with Crippen LogP contribution in [-0.4, -0.2) is 31.4 Å². The van der Waals surface area contributed by atoms with Gasteiger partial charge in [-0.05, 0) is 12.1 Å². The molecule has 0 aliphatic carbocycles. The maximum Gasteiger partial charge on any atom is 0.236 e. The zero-order chi connectivity index (χ0) is 17.8. The minimum atomic E-state index is -0.108. The number of thioether (sulfide) groups is 1. The third-order valence-corrected chi connectivity index (χ3v) is 5.36. The highest BCUT2D eigenvalue weighted by molar-refractivity contribution is 7.99. The van der Waals surface area contributed by atoms with Crippen LogP contribution in [-0.2, 0) is 11.3 Å². The number of carbonyl (C=O) groups excluding carboxylic acids is 1. The molecule has 0 aliphatic heterocycles. The van der Waals surface area contributed by atoms with Gasteiger partial charge in [-0.25, -0.2) is 4.98 Å². The van der Waals surface area contributed by atoms with Crippen molar-refractivity contribution in [2.75, 3.05) is 11.1 Å². The topological polar surface area (TPSA) is 72.7 Å². The Bertz CT molecular complexity index is 866. The Morgan fingerprint density at radius 2 is 2.20 bits per heavy atom. The van der Waals surface area contributed by atoms with Crippen molar-refractivity contribution >= 4 is 44.4 Å². The Morgan fingerprint density at radius 1 is 1.40 bits per heavy atom. The third-order valence-electron chi connectivity index (χ3n) is 3.45. The summed E-state index contributed by atoms with van der Waals surface area (Å²) in [7, 11) is 0. The summed E-state index contributed by atoms with van der Waals surface area (Å²) in [6.07, 6.45) is 1.81. The molecule has 0 saturated carbocycles. The number of aromatic nitrogens is 4. The summed E-state index contributed by atoms with van der Waals surface area (Å²) in [6, 6.07) is 7.81. The quantitative estimate of drug-likeness (QED) is 0.502. The van der Waals surface area contributed by atoms with E-state index in [0.717, 1.165) is 21.2 Å². The second kappa shape index (κ2) is 7.79. The van der Waals surface area contributed by atoms with Crippen LogP contribution in [0.5, 0.6) is 0 Å². The van der Waals surface area contributed by atoms with E-state index < -0.39 is 0 Å². The summed E-state index contributed by atoms with van der Waals surface area (Å²) in [5, 5.41) is 12.6. The van der Waals surface area contributed by atoms with Crippen LogP contribution in [0.3, 0.4) is 0 Å². The highest BCUT2D eigenvalue weighted by Crippen LogP contribution is 2.26. The lowest BCUT2D eigenvalue weighted by Gasteiger charge is -2.09. The lowest BCUT2D eigenvalue weighted by atomic mass is 10.2. The maximum atomic E-state index is 12.2. The van der Waals surface area contributed by atoms with Crippen LogP contribution in [0.1, 0.15) is 25.6 Å². The van der Waals surface area contributed by atoms with Crippen molar-refractivity contribution in [2.24, 2.45) is 0 Å². The van der Waals surface area contributed by atoms with Crippen molar-refractivity contribution < 1.29 is 4.79 Å². The number of hydrogen-bond donors (Lipinski definition) is 1. The van der Waals surface area contributed by atoms with Gasteiger partial charge in [-0.2, -0.15) is 0 Å². The molecule has 8 heteroatoms. The van der Waals surface area contributed by atoms with E-state index in [4.69, 9.17) is 0 Å². The monoisotopic (exact) mass is 373 g/mol. The molecule has 6 nitrogen and oxygen atoms in total. The Labute approximate surface area is 154 Å². The van der Waals surface area contributed by atoms with Crippen molar-refractivity contribution in [3.8, 4) is 0 Å². The highest BCUT2D eigenvalue weighted by atomic mass is 32.2. The molecule has 0 spiro atoms. The molecule has 3 rings (SSSR count). The first kappa shape index (κ1) is 17.6. The molecule has 130 valence electrons. The normalized spacial score (nSPS) is 11.2. The first-order valence-electron chi connectivity index (χ1n) is 7.90. The van der Waals surface area contributed by atoms with Gasteiger partial charge in [0.25, 0.3) is 0 Å². The molecule has 2 heterocycles. The van der Waals surface area contributed by atoms with Gasteiger partial charge < -0.3 is 9.88 Å². The summed E-state index contributed by atoms with van der Waals surface area (Å²) in [6.45, 7) is 8.54. The average Bonchev–Trinajstić information content (AvgIpc) is 3.16. The van der Waals surface area contributed by atoms with E-state index in [1.165, 1.54) is 23.1 Å². The van der Waals surface area contributed by atoms with Gasteiger partial charge in [-0.1, -0.05) is 55.2 Å². The van der Waals surface area contributed by atoms with Crippen LogP contribution >= 0.6 is 23.1 Å². The number of benzene rings is 1. The fourth-order valence-electron chi connectivity index (χ4n) is 2.35. The van der Waals surface area contributed by atoms with Gasteiger partial charge in [-0.15, -0.1) is 16.8 Å². The standard InChI is InChI=1S/C17H19N5OS2/c1-4-9-22-15(11(2)3)20-21-17(22)24-10-14(23)19-16-18-12-7-5-6-8-13(12)25-16/h4-8,11H,1,9-10H2,2-3H3,(H,18,19,23). The molecule has 0 fully saturated rings. The second-order valence-electron chi connectivity index (χ2n) is 5.72. The van der Waals surface area contributed by atoms with Gasteiger partial charge in [0.1, 0.15) is 5.82 Å². The molecular formula is C17H19N5OS2. The van der Waals surface area contributed by atoms with E-state index in [1.54, 1.807) is 6.08 Å². The average molecular weight is 374 g/mol. The smallest absolute Gasteiger partial charge is 0.236 e. The SMILES string of the molecule is C=CCn1c(SCC(=O)Nc2nc3ccccc3s2)nnc1C(C)C. The maximum absolute atomic E-state index is 12.2. The molecule has 1 N–H and O–H groups in total. The van der Waals surface area contributed by atoms with E-state index in [-0.39, 0.29) is 17.6 Å². The van der Waals surface area contributed by atoms with Crippen molar-refractivity contribution in [3.05, 3.63) is 42.7 Å². The van der Waals surface area contributed by atoms with Crippen molar-refractivity contribution in [2.45, 2.75) is 31.5 Å². The van der Waals surface area contributed by atoms with Crippen LogP contribution < -0.4 is 5.32 Å². The van der Waals surface area contributed by atoms with Gasteiger partial charge in [0.2, 0.25) is 5.91 Å². The second-order valence-corrected chi connectivity index (χ2v) is 7.69. The highest BCUT2D eigenvalue weighted by Gasteiger charge is 2.16. The zero-order valence-electron chi connectivity index (χ0n) is 14.1.